The van der Waals surface area contributed by atoms with Crippen LogP contribution in [0.25, 0.3) is 5.65 Å². The van der Waals surface area contributed by atoms with Crippen molar-refractivity contribution >= 4 is 11.6 Å². The standard InChI is InChI=1S/C16H17N5O3/c1-10-4-3-5-14-17-12(8-21(10)14)16(22)20-6-7-23-9-13(20)15-19-18-11(2)24-15/h3-5,8,13H,6-7,9H2,1-2H3/t13-/m0/s1. The smallest absolute Gasteiger partial charge is 0.274 e. The van der Waals surface area contributed by atoms with Crippen LogP contribution in [0.15, 0.2) is 28.8 Å². The van der Waals surface area contributed by atoms with Crippen molar-refractivity contribution < 1.29 is 13.9 Å². The fraction of sp³-hybridized carbons (Fsp3) is 0.375. The van der Waals surface area contributed by atoms with Crippen molar-refractivity contribution in [2.45, 2.75) is 19.9 Å². The zero-order valence-electron chi connectivity index (χ0n) is 13.5. The van der Waals surface area contributed by atoms with Crippen LogP contribution in [0.2, 0.25) is 0 Å². The van der Waals surface area contributed by atoms with Gasteiger partial charge in [0.25, 0.3) is 5.91 Å². The lowest BCUT2D eigenvalue weighted by atomic mass is 10.2. The fourth-order valence-corrected chi connectivity index (χ4v) is 2.90. The Morgan fingerprint density at radius 1 is 1.29 bits per heavy atom. The molecular weight excluding hydrogens is 310 g/mol. The van der Waals surface area contributed by atoms with Crippen LogP contribution in [-0.2, 0) is 4.74 Å². The average Bonchev–Trinajstić information content (AvgIpc) is 3.21. The maximum Gasteiger partial charge on any atom is 0.274 e. The van der Waals surface area contributed by atoms with Gasteiger partial charge < -0.3 is 18.5 Å². The molecule has 3 aromatic heterocycles. The Morgan fingerprint density at radius 2 is 2.17 bits per heavy atom. The number of hydrogen-bond acceptors (Lipinski definition) is 6. The summed E-state index contributed by atoms with van der Waals surface area (Å²) in [6.45, 7) is 4.96. The van der Waals surface area contributed by atoms with E-state index in [2.05, 4.69) is 15.2 Å². The summed E-state index contributed by atoms with van der Waals surface area (Å²) >= 11 is 0. The van der Waals surface area contributed by atoms with Gasteiger partial charge in [-0.3, -0.25) is 4.79 Å². The third kappa shape index (κ3) is 2.44. The summed E-state index contributed by atoms with van der Waals surface area (Å²) in [5.41, 5.74) is 2.16. The van der Waals surface area contributed by atoms with Crippen molar-refractivity contribution in [3.8, 4) is 0 Å². The van der Waals surface area contributed by atoms with E-state index in [0.29, 0.717) is 37.2 Å². The number of aryl methyl sites for hydroxylation is 2. The molecule has 0 N–H and O–H groups in total. The Morgan fingerprint density at radius 3 is 2.92 bits per heavy atom. The van der Waals surface area contributed by atoms with Crippen molar-refractivity contribution in [2.24, 2.45) is 0 Å². The lowest BCUT2D eigenvalue weighted by molar-refractivity contribution is -0.0109. The van der Waals surface area contributed by atoms with Crippen LogP contribution in [0.4, 0.5) is 0 Å². The number of fused-ring (bicyclic) bond motifs is 1. The summed E-state index contributed by atoms with van der Waals surface area (Å²) in [7, 11) is 0. The van der Waals surface area contributed by atoms with E-state index in [0.717, 1.165) is 11.3 Å². The number of amides is 1. The van der Waals surface area contributed by atoms with Gasteiger partial charge in [-0.15, -0.1) is 10.2 Å². The lowest BCUT2D eigenvalue weighted by Crippen LogP contribution is -2.43. The summed E-state index contributed by atoms with van der Waals surface area (Å²) in [5, 5.41) is 7.88. The molecule has 1 amide bonds. The van der Waals surface area contributed by atoms with Crippen molar-refractivity contribution in [2.75, 3.05) is 19.8 Å². The number of pyridine rings is 1. The highest BCUT2D eigenvalue weighted by Crippen LogP contribution is 2.25. The van der Waals surface area contributed by atoms with E-state index in [1.165, 1.54) is 0 Å². The van der Waals surface area contributed by atoms with E-state index in [4.69, 9.17) is 9.15 Å². The molecule has 8 nitrogen and oxygen atoms in total. The second-order valence-electron chi connectivity index (χ2n) is 5.77. The first-order chi connectivity index (χ1) is 11.6. The molecule has 0 bridgehead atoms. The maximum absolute atomic E-state index is 13.0. The van der Waals surface area contributed by atoms with E-state index in [1.807, 2.05) is 29.5 Å². The molecule has 1 aliphatic heterocycles. The Kier molecular flexibility index (Phi) is 3.53. The minimum absolute atomic E-state index is 0.165. The van der Waals surface area contributed by atoms with Gasteiger partial charge >= 0.3 is 0 Å². The van der Waals surface area contributed by atoms with Gasteiger partial charge in [-0.05, 0) is 19.1 Å². The summed E-state index contributed by atoms with van der Waals surface area (Å²) in [6, 6.07) is 5.38. The SMILES string of the molecule is Cc1nnc([C@@H]2COCCN2C(=O)c2cn3c(C)cccc3n2)o1. The first-order valence-electron chi connectivity index (χ1n) is 7.77. The number of hydrogen-bond donors (Lipinski definition) is 0. The van der Waals surface area contributed by atoms with Crippen molar-refractivity contribution in [1.29, 1.82) is 0 Å². The highest BCUT2D eigenvalue weighted by Gasteiger charge is 2.34. The molecule has 1 saturated heterocycles. The molecule has 0 aromatic carbocycles. The Labute approximate surface area is 138 Å². The third-order valence-electron chi connectivity index (χ3n) is 4.13. The minimum Gasteiger partial charge on any atom is -0.423 e. The maximum atomic E-state index is 13.0. The highest BCUT2D eigenvalue weighted by atomic mass is 16.5. The van der Waals surface area contributed by atoms with Gasteiger partial charge in [-0.1, -0.05) is 6.07 Å². The van der Waals surface area contributed by atoms with Gasteiger partial charge in [0, 0.05) is 25.4 Å². The zero-order valence-corrected chi connectivity index (χ0v) is 13.5. The van der Waals surface area contributed by atoms with Gasteiger partial charge in [0.2, 0.25) is 11.8 Å². The van der Waals surface area contributed by atoms with Gasteiger partial charge in [0.15, 0.2) is 0 Å². The molecule has 0 unspecified atom stereocenters. The fourth-order valence-electron chi connectivity index (χ4n) is 2.90. The molecule has 0 radical (unpaired) electrons. The number of aromatic nitrogens is 4. The molecule has 1 atom stereocenters. The van der Waals surface area contributed by atoms with Crippen molar-refractivity contribution in [3.63, 3.8) is 0 Å². The summed E-state index contributed by atoms with van der Waals surface area (Å²) in [6.07, 6.45) is 1.76. The lowest BCUT2D eigenvalue weighted by Gasteiger charge is -2.32. The number of morpholine rings is 1. The van der Waals surface area contributed by atoms with Crippen LogP contribution in [0.1, 0.15) is 34.0 Å². The van der Waals surface area contributed by atoms with Crippen LogP contribution in [0.3, 0.4) is 0 Å². The number of imidazole rings is 1. The Bertz CT molecular complexity index is 900. The van der Waals surface area contributed by atoms with Gasteiger partial charge in [-0.2, -0.15) is 0 Å². The van der Waals surface area contributed by atoms with Crippen LogP contribution in [0, 0.1) is 13.8 Å². The van der Waals surface area contributed by atoms with Crippen molar-refractivity contribution in [3.05, 3.63) is 47.6 Å². The van der Waals surface area contributed by atoms with E-state index in [9.17, 15) is 4.79 Å². The average molecular weight is 327 g/mol. The highest BCUT2D eigenvalue weighted by molar-refractivity contribution is 5.93. The summed E-state index contributed by atoms with van der Waals surface area (Å²) in [4.78, 5) is 19.1. The molecule has 4 rings (SSSR count). The van der Waals surface area contributed by atoms with Crippen LogP contribution in [0.5, 0.6) is 0 Å². The normalized spacial score (nSPS) is 18.2. The molecule has 1 fully saturated rings. The van der Waals surface area contributed by atoms with Crippen LogP contribution >= 0.6 is 0 Å². The summed E-state index contributed by atoms with van der Waals surface area (Å²) < 4.78 is 12.9. The van der Waals surface area contributed by atoms with Crippen LogP contribution < -0.4 is 0 Å². The largest absolute Gasteiger partial charge is 0.423 e. The predicted molar refractivity (Wildman–Crippen MR) is 83.6 cm³/mol. The van der Waals surface area contributed by atoms with Crippen LogP contribution in [-0.4, -0.2) is 50.1 Å². The molecule has 1 aliphatic rings. The van der Waals surface area contributed by atoms with Gasteiger partial charge in [0.1, 0.15) is 17.4 Å². The molecule has 0 saturated carbocycles. The quantitative estimate of drug-likeness (QED) is 0.710. The summed E-state index contributed by atoms with van der Waals surface area (Å²) in [5.74, 6) is 0.689. The zero-order chi connectivity index (χ0) is 16.7. The van der Waals surface area contributed by atoms with Crippen molar-refractivity contribution in [1.82, 2.24) is 24.5 Å². The molecule has 4 heterocycles. The first kappa shape index (κ1) is 14.8. The molecule has 0 aliphatic carbocycles. The Balaban J connectivity index is 1.69. The number of nitrogens with zero attached hydrogens (tertiary/aromatic N) is 5. The third-order valence-corrected chi connectivity index (χ3v) is 4.13. The van der Waals surface area contributed by atoms with Gasteiger partial charge in [0.05, 0.1) is 13.2 Å². The van der Waals surface area contributed by atoms with E-state index in [1.54, 1.807) is 18.0 Å². The van der Waals surface area contributed by atoms with E-state index in [-0.39, 0.29) is 5.91 Å². The van der Waals surface area contributed by atoms with Gasteiger partial charge in [-0.25, -0.2) is 4.98 Å². The number of rotatable bonds is 2. The number of ether oxygens (including phenoxy) is 1. The number of carbonyl (C=O) groups excluding carboxylic acids is 1. The molecule has 0 spiro atoms. The second-order valence-corrected chi connectivity index (χ2v) is 5.77. The van der Waals surface area contributed by atoms with E-state index < -0.39 is 6.04 Å². The monoisotopic (exact) mass is 327 g/mol. The molecule has 3 aromatic rings. The first-order valence-corrected chi connectivity index (χ1v) is 7.77. The predicted octanol–water partition coefficient (Wildman–Crippen LogP) is 1.55. The Hall–Kier alpha value is -2.74. The molecule has 24 heavy (non-hydrogen) atoms. The minimum atomic E-state index is -0.390. The molecule has 124 valence electrons. The van der Waals surface area contributed by atoms with E-state index >= 15 is 0 Å². The molecule has 8 heteroatoms. The second kappa shape index (κ2) is 5.72. The molecular formula is C16H17N5O3. The number of carbonyl (C=O) groups is 1. The topological polar surface area (TPSA) is 85.8 Å².